The third-order valence-corrected chi connectivity index (χ3v) is 6.38. The summed E-state index contributed by atoms with van der Waals surface area (Å²) in [6, 6.07) is 5.20. The number of urea groups is 1. The molecule has 1 aliphatic carbocycles. The fourth-order valence-corrected chi connectivity index (χ4v) is 5.01. The Balaban J connectivity index is 1.77. The molecule has 7 heteroatoms. The highest BCUT2D eigenvalue weighted by Gasteiger charge is 2.29. The number of carbonyl (C=O) groups excluding carboxylic acids is 1. The summed E-state index contributed by atoms with van der Waals surface area (Å²) in [5.74, 6) is 0. The Hall–Kier alpha value is -1.60. The smallest absolute Gasteiger partial charge is 0.322 e. The number of hydrogen-bond donors (Lipinski definition) is 2. The normalized spacial score (nSPS) is 18.4. The summed E-state index contributed by atoms with van der Waals surface area (Å²) in [5, 5.41) is 3.09. The first kappa shape index (κ1) is 18.2. The molecule has 0 atom stereocenters. The predicted octanol–water partition coefficient (Wildman–Crippen LogP) is 2.78. The average molecular weight is 365 g/mol. The lowest BCUT2D eigenvalue weighted by atomic mass is 10.1. The lowest BCUT2D eigenvalue weighted by molar-refractivity contribution is 0.243. The van der Waals surface area contributed by atoms with E-state index >= 15 is 0 Å². The van der Waals surface area contributed by atoms with Crippen LogP contribution in [0.25, 0.3) is 0 Å². The van der Waals surface area contributed by atoms with Gasteiger partial charge in [0.25, 0.3) is 0 Å². The number of rotatable bonds is 3. The molecule has 1 saturated carbocycles. The quantitative estimate of drug-likeness (QED) is 0.864. The number of carbonyl (C=O) groups is 1. The van der Waals surface area contributed by atoms with Crippen molar-refractivity contribution in [2.45, 2.75) is 69.4 Å². The molecule has 25 heavy (non-hydrogen) atoms. The zero-order valence-corrected chi connectivity index (χ0v) is 15.9. The Labute approximate surface area is 150 Å². The highest BCUT2D eigenvalue weighted by Crippen LogP contribution is 2.31. The number of fused-ring (bicyclic) bond motifs is 1. The number of hydrogen-bond acceptors (Lipinski definition) is 3. The molecule has 1 aliphatic heterocycles. The van der Waals surface area contributed by atoms with E-state index in [1.165, 1.54) is 12.8 Å². The minimum Gasteiger partial charge on any atom is -0.335 e. The van der Waals surface area contributed by atoms with E-state index in [1.54, 1.807) is 23.1 Å². The van der Waals surface area contributed by atoms with E-state index in [9.17, 15) is 13.2 Å². The van der Waals surface area contributed by atoms with Crippen LogP contribution in [0.2, 0.25) is 0 Å². The second-order valence-corrected chi connectivity index (χ2v) is 9.66. The molecule has 0 radical (unpaired) electrons. The fourth-order valence-electron chi connectivity index (χ4n) is 3.54. The first-order valence-electron chi connectivity index (χ1n) is 8.91. The highest BCUT2D eigenvalue weighted by molar-refractivity contribution is 7.89. The third kappa shape index (κ3) is 4.15. The molecule has 0 aromatic heterocycles. The molecule has 2 aliphatic rings. The number of amides is 2. The summed E-state index contributed by atoms with van der Waals surface area (Å²) in [4.78, 5) is 14.5. The van der Waals surface area contributed by atoms with Crippen molar-refractivity contribution in [2.24, 2.45) is 0 Å². The zero-order valence-electron chi connectivity index (χ0n) is 15.1. The van der Waals surface area contributed by atoms with Gasteiger partial charge in [-0.3, -0.25) is 4.90 Å². The maximum atomic E-state index is 12.5. The van der Waals surface area contributed by atoms with Crippen LogP contribution >= 0.6 is 0 Å². The average Bonchev–Trinajstić information content (AvgIpc) is 3.12. The van der Waals surface area contributed by atoms with Crippen LogP contribution in [0.15, 0.2) is 23.1 Å². The Morgan fingerprint density at radius 1 is 1.20 bits per heavy atom. The molecule has 6 nitrogen and oxygen atoms in total. The molecule has 2 N–H and O–H groups in total. The molecule has 1 fully saturated rings. The van der Waals surface area contributed by atoms with Gasteiger partial charge in [-0.2, -0.15) is 0 Å². The van der Waals surface area contributed by atoms with Crippen molar-refractivity contribution >= 4 is 21.7 Å². The maximum absolute atomic E-state index is 12.5. The second-order valence-electron chi connectivity index (χ2n) is 7.98. The van der Waals surface area contributed by atoms with Gasteiger partial charge in [0.05, 0.1) is 4.90 Å². The molecule has 1 aromatic carbocycles. The number of anilines is 1. The van der Waals surface area contributed by atoms with E-state index in [2.05, 4.69) is 10.0 Å². The zero-order chi connectivity index (χ0) is 18.2. The molecule has 0 spiro atoms. The minimum atomic E-state index is -3.56. The van der Waals surface area contributed by atoms with Gasteiger partial charge in [0, 0.05) is 23.8 Å². The Morgan fingerprint density at radius 3 is 2.52 bits per heavy atom. The second kappa shape index (κ2) is 6.61. The summed E-state index contributed by atoms with van der Waals surface area (Å²) < 4.78 is 27.6. The van der Waals surface area contributed by atoms with Gasteiger partial charge in [-0.1, -0.05) is 12.8 Å². The molecular weight excluding hydrogens is 338 g/mol. The topological polar surface area (TPSA) is 78.5 Å². The lowest BCUT2D eigenvalue weighted by Crippen LogP contribution is -2.43. The summed E-state index contributed by atoms with van der Waals surface area (Å²) in [6.45, 7) is 6.02. The molecule has 1 heterocycles. The maximum Gasteiger partial charge on any atom is 0.322 e. The van der Waals surface area contributed by atoms with Gasteiger partial charge < -0.3 is 5.32 Å². The molecular formula is C18H27N3O3S. The SMILES string of the molecule is CC(C)(C)NS(=O)(=O)c1ccc2c(c1)CCN2C(=O)NC1CCCC1. The third-order valence-electron chi connectivity index (χ3n) is 4.63. The Kier molecular flexibility index (Phi) is 4.81. The number of benzene rings is 1. The molecule has 0 bridgehead atoms. The van der Waals surface area contributed by atoms with E-state index in [0.29, 0.717) is 13.0 Å². The van der Waals surface area contributed by atoms with Crippen molar-refractivity contribution in [3.8, 4) is 0 Å². The van der Waals surface area contributed by atoms with Crippen LogP contribution in [0.3, 0.4) is 0 Å². The van der Waals surface area contributed by atoms with Crippen molar-refractivity contribution in [1.29, 1.82) is 0 Å². The largest absolute Gasteiger partial charge is 0.335 e. The first-order valence-corrected chi connectivity index (χ1v) is 10.4. The Morgan fingerprint density at radius 2 is 1.88 bits per heavy atom. The van der Waals surface area contributed by atoms with Gasteiger partial charge in [-0.15, -0.1) is 0 Å². The lowest BCUT2D eigenvalue weighted by Gasteiger charge is -2.22. The van der Waals surface area contributed by atoms with Gasteiger partial charge in [0.2, 0.25) is 10.0 Å². The minimum absolute atomic E-state index is 0.0749. The van der Waals surface area contributed by atoms with E-state index in [4.69, 9.17) is 0 Å². The van der Waals surface area contributed by atoms with Crippen molar-refractivity contribution in [3.05, 3.63) is 23.8 Å². The summed E-state index contributed by atoms with van der Waals surface area (Å²) in [6.07, 6.45) is 5.10. The number of nitrogens with zero attached hydrogens (tertiary/aromatic N) is 1. The van der Waals surface area contributed by atoms with Crippen LogP contribution in [0.1, 0.15) is 52.0 Å². The van der Waals surface area contributed by atoms with Crippen LogP contribution in [-0.4, -0.2) is 32.6 Å². The van der Waals surface area contributed by atoms with Crippen molar-refractivity contribution in [2.75, 3.05) is 11.4 Å². The molecule has 2 amide bonds. The van der Waals surface area contributed by atoms with E-state index in [-0.39, 0.29) is 17.0 Å². The first-order chi connectivity index (χ1) is 11.7. The van der Waals surface area contributed by atoms with Crippen LogP contribution in [0, 0.1) is 0 Å². The van der Waals surface area contributed by atoms with Crippen molar-refractivity contribution in [1.82, 2.24) is 10.0 Å². The summed E-state index contributed by atoms with van der Waals surface area (Å²) >= 11 is 0. The number of sulfonamides is 1. The Bertz CT molecular complexity index is 762. The van der Waals surface area contributed by atoms with Gasteiger partial charge in [0.1, 0.15) is 0 Å². The molecule has 3 rings (SSSR count). The fraction of sp³-hybridized carbons (Fsp3) is 0.611. The van der Waals surface area contributed by atoms with Gasteiger partial charge in [-0.05, 0) is 63.8 Å². The molecule has 0 unspecified atom stereocenters. The van der Waals surface area contributed by atoms with E-state index in [1.807, 2.05) is 20.8 Å². The number of nitrogens with one attached hydrogen (secondary N) is 2. The van der Waals surface area contributed by atoms with Crippen LogP contribution in [-0.2, 0) is 16.4 Å². The van der Waals surface area contributed by atoms with Crippen LogP contribution in [0.5, 0.6) is 0 Å². The van der Waals surface area contributed by atoms with Gasteiger partial charge in [-0.25, -0.2) is 17.9 Å². The summed E-state index contributed by atoms with van der Waals surface area (Å²) in [7, 11) is -3.56. The molecule has 138 valence electrons. The van der Waals surface area contributed by atoms with Gasteiger partial charge >= 0.3 is 6.03 Å². The molecule has 0 saturated heterocycles. The van der Waals surface area contributed by atoms with E-state index in [0.717, 1.165) is 24.1 Å². The van der Waals surface area contributed by atoms with Crippen LogP contribution in [0.4, 0.5) is 10.5 Å². The van der Waals surface area contributed by atoms with Crippen molar-refractivity contribution < 1.29 is 13.2 Å². The predicted molar refractivity (Wildman–Crippen MR) is 98.4 cm³/mol. The van der Waals surface area contributed by atoms with Crippen LogP contribution < -0.4 is 14.9 Å². The molecule has 1 aromatic rings. The van der Waals surface area contributed by atoms with E-state index < -0.39 is 15.6 Å². The van der Waals surface area contributed by atoms with Crippen molar-refractivity contribution in [3.63, 3.8) is 0 Å². The van der Waals surface area contributed by atoms with Gasteiger partial charge in [0.15, 0.2) is 0 Å². The summed E-state index contributed by atoms with van der Waals surface area (Å²) in [5.41, 5.74) is 1.17. The monoisotopic (exact) mass is 365 g/mol. The standard InChI is InChI=1S/C18H27N3O3S/c1-18(2,3)20-25(23,24)15-8-9-16-13(12-15)10-11-21(16)17(22)19-14-6-4-5-7-14/h8-9,12,14,20H,4-7,10-11H2,1-3H3,(H,19,22). The highest BCUT2D eigenvalue weighted by atomic mass is 32.2.